The van der Waals surface area contributed by atoms with Crippen molar-refractivity contribution in [3.8, 4) is 0 Å². The molecule has 1 N–H and O–H groups in total. The van der Waals surface area contributed by atoms with Crippen molar-refractivity contribution in [3.05, 3.63) is 46.2 Å². The lowest BCUT2D eigenvalue weighted by Crippen LogP contribution is -2.29. The minimum absolute atomic E-state index is 0.0360. The molecule has 0 amide bonds. The summed E-state index contributed by atoms with van der Waals surface area (Å²) < 4.78 is 28.7. The third-order valence-corrected chi connectivity index (χ3v) is 6.27. The van der Waals surface area contributed by atoms with E-state index >= 15 is 0 Å². The van der Waals surface area contributed by atoms with Crippen LogP contribution in [0.1, 0.15) is 73.6 Å². The predicted molar refractivity (Wildman–Crippen MR) is 102 cm³/mol. The van der Waals surface area contributed by atoms with E-state index in [0.29, 0.717) is 29.7 Å². The molecule has 2 atom stereocenters. The molecular weight excluding hydrogens is 378 g/mol. The van der Waals surface area contributed by atoms with Gasteiger partial charge in [-0.2, -0.15) is 5.10 Å². The molecule has 2 fully saturated rings. The molecule has 7 nitrogen and oxygen atoms in total. The molecule has 9 heteroatoms. The lowest BCUT2D eigenvalue weighted by molar-refractivity contribution is -0.0446. The van der Waals surface area contributed by atoms with E-state index in [4.69, 9.17) is 4.98 Å². The Morgan fingerprint density at radius 3 is 2.41 bits per heavy atom. The number of nitrogens with zero attached hydrogens (tertiary/aromatic N) is 5. The van der Waals surface area contributed by atoms with E-state index in [-0.39, 0.29) is 36.3 Å². The number of nitrogens with one attached hydrogen (secondary N) is 1. The van der Waals surface area contributed by atoms with Gasteiger partial charge in [-0.25, -0.2) is 28.4 Å². The molecule has 2 aliphatic carbocycles. The van der Waals surface area contributed by atoms with Crippen molar-refractivity contribution in [2.24, 2.45) is 0 Å². The van der Waals surface area contributed by atoms with Gasteiger partial charge < -0.3 is 4.98 Å². The summed E-state index contributed by atoms with van der Waals surface area (Å²) >= 11 is 0. The summed E-state index contributed by atoms with van der Waals surface area (Å²) in [4.78, 5) is 29.1. The van der Waals surface area contributed by atoms with Crippen LogP contribution in [0.25, 0.3) is 11.0 Å². The zero-order valence-corrected chi connectivity index (χ0v) is 16.1. The Labute approximate surface area is 165 Å². The molecule has 0 spiro atoms. The summed E-state index contributed by atoms with van der Waals surface area (Å²) in [6, 6.07) is -0.160. The van der Waals surface area contributed by atoms with Crippen LogP contribution in [0.2, 0.25) is 0 Å². The fourth-order valence-electron chi connectivity index (χ4n) is 4.40. The van der Waals surface area contributed by atoms with Gasteiger partial charge in [-0.05, 0) is 38.2 Å². The molecule has 0 saturated heterocycles. The van der Waals surface area contributed by atoms with E-state index in [1.807, 2.05) is 6.92 Å². The van der Waals surface area contributed by atoms with Crippen LogP contribution in [-0.4, -0.2) is 35.6 Å². The second-order valence-corrected chi connectivity index (χ2v) is 8.27. The number of rotatable bonds is 3. The Morgan fingerprint density at radius 2 is 1.76 bits per heavy atom. The highest BCUT2D eigenvalue weighted by atomic mass is 19.3. The fourth-order valence-corrected chi connectivity index (χ4v) is 4.40. The van der Waals surface area contributed by atoms with Gasteiger partial charge in [0.15, 0.2) is 5.65 Å². The van der Waals surface area contributed by atoms with E-state index in [2.05, 4.69) is 20.1 Å². The molecule has 29 heavy (non-hydrogen) atoms. The lowest BCUT2D eigenvalue weighted by atomic mass is 9.72. The molecule has 0 bridgehead atoms. The zero-order valence-electron chi connectivity index (χ0n) is 16.1. The highest BCUT2D eigenvalue weighted by Gasteiger charge is 2.39. The second kappa shape index (κ2) is 6.67. The van der Waals surface area contributed by atoms with Crippen LogP contribution in [0.3, 0.4) is 0 Å². The van der Waals surface area contributed by atoms with E-state index < -0.39 is 5.92 Å². The normalized spacial score (nSPS) is 24.5. The van der Waals surface area contributed by atoms with Gasteiger partial charge in [0.2, 0.25) is 5.92 Å². The molecule has 3 heterocycles. The number of hydrogen-bond donors (Lipinski definition) is 1. The van der Waals surface area contributed by atoms with E-state index in [0.717, 1.165) is 24.2 Å². The lowest BCUT2D eigenvalue weighted by Gasteiger charge is -2.34. The SMILES string of the molecule is Cc1cnc([C@H]2CC[C@@H]2c2nc3c(cnn3C3CCC(F)(F)CC3)c(=O)[nH]2)nc1. The first-order chi connectivity index (χ1) is 13.9. The summed E-state index contributed by atoms with van der Waals surface area (Å²) in [6.07, 6.45) is 7.24. The molecule has 2 aliphatic rings. The van der Waals surface area contributed by atoms with Crippen molar-refractivity contribution >= 4 is 11.0 Å². The monoisotopic (exact) mass is 400 g/mol. The first kappa shape index (κ1) is 18.3. The van der Waals surface area contributed by atoms with Gasteiger partial charge in [0.25, 0.3) is 5.56 Å². The Balaban J connectivity index is 1.48. The molecule has 0 radical (unpaired) electrons. The highest BCUT2D eigenvalue weighted by Crippen LogP contribution is 2.46. The summed E-state index contributed by atoms with van der Waals surface area (Å²) in [6.45, 7) is 1.94. The van der Waals surface area contributed by atoms with Gasteiger partial charge in [0.1, 0.15) is 17.0 Å². The Kier molecular flexibility index (Phi) is 4.22. The van der Waals surface area contributed by atoms with Crippen molar-refractivity contribution in [2.75, 3.05) is 0 Å². The smallest absolute Gasteiger partial charge is 0.262 e. The van der Waals surface area contributed by atoms with Crippen molar-refractivity contribution in [2.45, 2.75) is 69.2 Å². The summed E-state index contributed by atoms with van der Waals surface area (Å²) in [5.74, 6) is -1.10. The van der Waals surface area contributed by atoms with Gasteiger partial charge in [-0.1, -0.05) is 0 Å². The van der Waals surface area contributed by atoms with Crippen LogP contribution in [0.4, 0.5) is 8.78 Å². The number of fused-ring (bicyclic) bond motifs is 1. The minimum atomic E-state index is -2.61. The maximum Gasteiger partial charge on any atom is 0.262 e. The van der Waals surface area contributed by atoms with E-state index in [9.17, 15) is 13.6 Å². The zero-order chi connectivity index (χ0) is 20.2. The van der Waals surface area contributed by atoms with Crippen molar-refractivity contribution in [1.82, 2.24) is 29.7 Å². The molecule has 2 saturated carbocycles. The summed E-state index contributed by atoms with van der Waals surface area (Å²) in [7, 11) is 0. The number of alkyl halides is 2. The maximum absolute atomic E-state index is 13.5. The quantitative estimate of drug-likeness (QED) is 0.725. The van der Waals surface area contributed by atoms with Crippen molar-refractivity contribution < 1.29 is 8.78 Å². The third-order valence-electron chi connectivity index (χ3n) is 6.27. The molecule has 3 aromatic rings. The topological polar surface area (TPSA) is 89.4 Å². The molecule has 3 aromatic heterocycles. The molecular formula is C20H22F2N6O. The largest absolute Gasteiger partial charge is 0.310 e. The van der Waals surface area contributed by atoms with Crippen molar-refractivity contribution in [3.63, 3.8) is 0 Å². The first-order valence-corrected chi connectivity index (χ1v) is 10.0. The van der Waals surface area contributed by atoms with Crippen LogP contribution in [0, 0.1) is 6.92 Å². The Hall–Kier alpha value is -2.71. The number of aromatic amines is 1. The number of aryl methyl sites for hydroxylation is 1. The second-order valence-electron chi connectivity index (χ2n) is 8.27. The van der Waals surface area contributed by atoms with Gasteiger partial charge >= 0.3 is 0 Å². The minimum Gasteiger partial charge on any atom is -0.310 e. The fraction of sp³-hybridized carbons (Fsp3) is 0.550. The number of hydrogen-bond acceptors (Lipinski definition) is 5. The Bertz CT molecular complexity index is 1100. The molecule has 5 rings (SSSR count). The molecule has 0 unspecified atom stereocenters. The van der Waals surface area contributed by atoms with Gasteiger partial charge in [0.05, 0.1) is 12.2 Å². The van der Waals surface area contributed by atoms with E-state index in [1.165, 1.54) is 6.20 Å². The summed E-state index contributed by atoms with van der Waals surface area (Å²) in [5, 5.41) is 4.72. The number of aromatic nitrogens is 6. The van der Waals surface area contributed by atoms with Crippen LogP contribution >= 0.6 is 0 Å². The average Bonchev–Trinajstić information content (AvgIpc) is 3.07. The predicted octanol–water partition coefficient (Wildman–Crippen LogP) is 3.63. The number of H-pyrrole nitrogens is 1. The van der Waals surface area contributed by atoms with Crippen molar-refractivity contribution in [1.29, 1.82) is 0 Å². The van der Waals surface area contributed by atoms with Crippen LogP contribution in [0.5, 0.6) is 0 Å². The van der Waals surface area contributed by atoms with E-state index in [1.54, 1.807) is 17.1 Å². The van der Waals surface area contributed by atoms with Gasteiger partial charge in [0, 0.05) is 37.1 Å². The Morgan fingerprint density at radius 1 is 1.07 bits per heavy atom. The first-order valence-electron chi connectivity index (χ1n) is 10.0. The van der Waals surface area contributed by atoms with Gasteiger partial charge in [-0.15, -0.1) is 0 Å². The van der Waals surface area contributed by atoms with Crippen LogP contribution < -0.4 is 5.56 Å². The highest BCUT2D eigenvalue weighted by molar-refractivity contribution is 5.73. The summed E-state index contributed by atoms with van der Waals surface area (Å²) in [5.41, 5.74) is 1.24. The molecule has 152 valence electrons. The molecule has 0 aliphatic heterocycles. The average molecular weight is 400 g/mol. The molecule has 0 aromatic carbocycles. The van der Waals surface area contributed by atoms with Crippen LogP contribution in [-0.2, 0) is 0 Å². The third kappa shape index (κ3) is 3.22. The van der Waals surface area contributed by atoms with Crippen LogP contribution in [0.15, 0.2) is 23.4 Å². The van der Waals surface area contributed by atoms with Gasteiger partial charge in [-0.3, -0.25) is 4.79 Å². The maximum atomic E-state index is 13.5. The number of halogens is 2. The standard InChI is InChI=1S/C20H22F2N6O/c1-11-8-23-16(24-9-11)13-2-3-14(13)17-26-18-15(19(29)27-17)10-25-28(18)12-4-6-20(21,22)7-5-12/h8-10,12-14H,2-7H2,1H3,(H,26,27,29)/t13-,14-/m0/s1.